The molecule has 3 nitrogen and oxygen atoms in total. The Hall–Kier alpha value is -0.480. The Labute approximate surface area is 122 Å². The van der Waals surface area contributed by atoms with E-state index in [1.165, 1.54) is 22.9 Å². The third-order valence-corrected chi connectivity index (χ3v) is 4.65. The molecule has 0 bridgehead atoms. The molecule has 0 aliphatic carbocycles. The smallest absolute Gasteiger partial charge is 0.0624 e. The lowest BCUT2D eigenvalue weighted by atomic mass is 10.1. The van der Waals surface area contributed by atoms with Crippen molar-refractivity contribution in [2.75, 3.05) is 18.1 Å². The summed E-state index contributed by atoms with van der Waals surface area (Å²) in [5.41, 5.74) is 2.54. The highest BCUT2D eigenvalue weighted by atomic mass is 32.2. The Balaban J connectivity index is 2.53. The lowest BCUT2D eigenvalue weighted by Crippen LogP contribution is -2.34. The first-order valence-corrected chi connectivity index (χ1v) is 8.55. The van der Waals surface area contributed by atoms with Gasteiger partial charge in [-0.3, -0.25) is 4.68 Å². The molecule has 1 rings (SSSR count). The minimum absolute atomic E-state index is 0.550. The maximum Gasteiger partial charge on any atom is 0.0624 e. The minimum Gasteiger partial charge on any atom is -0.313 e. The lowest BCUT2D eigenvalue weighted by molar-refractivity contribution is 0.548. The summed E-state index contributed by atoms with van der Waals surface area (Å²) in [5, 5.41) is 8.13. The van der Waals surface area contributed by atoms with Gasteiger partial charge in [0.2, 0.25) is 0 Å². The van der Waals surface area contributed by atoms with Crippen molar-refractivity contribution in [2.24, 2.45) is 13.0 Å². The van der Waals surface area contributed by atoms with Crippen LogP contribution in [0.1, 0.15) is 39.1 Å². The van der Waals surface area contributed by atoms with Gasteiger partial charge in [0.25, 0.3) is 0 Å². The highest BCUT2D eigenvalue weighted by molar-refractivity contribution is 7.99. The zero-order chi connectivity index (χ0) is 14.3. The monoisotopic (exact) mass is 283 g/mol. The van der Waals surface area contributed by atoms with Crippen molar-refractivity contribution < 1.29 is 0 Å². The number of hydrogen-bond acceptors (Lipinski definition) is 3. The Morgan fingerprint density at radius 3 is 2.58 bits per heavy atom. The van der Waals surface area contributed by atoms with E-state index in [-0.39, 0.29) is 0 Å². The number of aryl methyl sites for hydroxylation is 2. The fraction of sp³-hybridized carbons (Fsp3) is 0.800. The molecule has 0 radical (unpaired) electrons. The first kappa shape index (κ1) is 16.6. The maximum atomic E-state index is 4.53. The van der Waals surface area contributed by atoms with Gasteiger partial charge in [-0.05, 0) is 30.7 Å². The molecule has 1 aromatic heterocycles. The molecule has 0 aromatic carbocycles. The van der Waals surface area contributed by atoms with E-state index in [1.54, 1.807) is 0 Å². The summed E-state index contributed by atoms with van der Waals surface area (Å²) in [4.78, 5) is 0. The summed E-state index contributed by atoms with van der Waals surface area (Å²) in [6, 6.07) is 2.80. The van der Waals surface area contributed by atoms with Crippen LogP contribution in [0.4, 0.5) is 0 Å². The summed E-state index contributed by atoms with van der Waals surface area (Å²) in [6.45, 7) is 9.94. The van der Waals surface area contributed by atoms with Gasteiger partial charge in [0.05, 0.1) is 5.69 Å². The van der Waals surface area contributed by atoms with Crippen molar-refractivity contribution in [1.82, 2.24) is 15.1 Å². The van der Waals surface area contributed by atoms with Crippen molar-refractivity contribution in [3.8, 4) is 0 Å². The van der Waals surface area contributed by atoms with Gasteiger partial charge < -0.3 is 5.32 Å². The first-order chi connectivity index (χ1) is 9.06. The van der Waals surface area contributed by atoms with E-state index in [0.29, 0.717) is 6.04 Å². The topological polar surface area (TPSA) is 29.9 Å². The SMILES string of the molecule is CCNC(CSCC(C)C)Cc1cc(CC)nn1C. The van der Waals surface area contributed by atoms with Crippen LogP contribution in [0.3, 0.4) is 0 Å². The van der Waals surface area contributed by atoms with E-state index in [0.717, 1.165) is 25.3 Å². The summed E-state index contributed by atoms with van der Waals surface area (Å²) < 4.78 is 2.04. The number of nitrogens with one attached hydrogen (secondary N) is 1. The second-order valence-corrected chi connectivity index (χ2v) is 6.57. The molecule has 110 valence electrons. The summed E-state index contributed by atoms with van der Waals surface area (Å²) in [6.07, 6.45) is 2.09. The van der Waals surface area contributed by atoms with Gasteiger partial charge in [0.15, 0.2) is 0 Å². The average molecular weight is 283 g/mol. The number of aromatic nitrogens is 2. The van der Waals surface area contributed by atoms with Crippen LogP contribution in [0.5, 0.6) is 0 Å². The molecule has 1 aromatic rings. The highest BCUT2D eigenvalue weighted by Crippen LogP contribution is 2.13. The molecule has 0 amide bonds. The van der Waals surface area contributed by atoms with Gasteiger partial charge in [-0.1, -0.05) is 27.7 Å². The molecule has 0 fully saturated rings. The Bertz CT molecular complexity index is 360. The van der Waals surface area contributed by atoms with E-state index >= 15 is 0 Å². The third-order valence-electron chi connectivity index (χ3n) is 3.11. The number of likely N-dealkylation sites (N-methyl/N-ethyl adjacent to an activating group) is 1. The van der Waals surface area contributed by atoms with Crippen LogP contribution < -0.4 is 5.32 Å². The first-order valence-electron chi connectivity index (χ1n) is 7.39. The second-order valence-electron chi connectivity index (χ2n) is 5.49. The van der Waals surface area contributed by atoms with Gasteiger partial charge in [-0.2, -0.15) is 16.9 Å². The Morgan fingerprint density at radius 1 is 1.32 bits per heavy atom. The van der Waals surface area contributed by atoms with Crippen LogP contribution in [0.2, 0.25) is 0 Å². The maximum absolute atomic E-state index is 4.53. The fourth-order valence-electron chi connectivity index (χ4n) is 2.11. The number of rotatable bonds is 9. The van der Waals surface area contributed by atoms with Crippen LogP contribution in [-0.2, 0) is 19.9 Å². The van der Waals surface area contributed by atoms with Crippen LogP contribution in [0.25, 0.3) is 0 Å². The van der Waals surface area contributed by atoms with Gasteiger partial charge in [0, 0.05) is 31.0 Å². The Morgan fingerprint density at radius 2 is 2.05 bits per heavy atom. The standard InChI is InChI=1S/C15H29N3S/c1-6-13-8-15(18(5)17-13)9-14(16-7-2)11-19-10-12(3)4/h8,12,14,16H,6-7,9-11H2,1-5H3. The molecule has 1 unspecified atom stereocenters. The van der Waals surface area contributed by atoms with E-state index < -0.39 is 0 Å². The lowest BCUT2D eigenvalue weighted by Gasteiger charge is -2.18. The molecule has 0 saturated heterocycles. The summed E-state index contributed by atoms with van der Waals surface area (Å²) in [5.74, 6) is 3.20. The van der Waals surface area contributed by atoms with Crippen molar-refractivity contribution >= 4 is 11.8 Å². The van der Waals surface area contributed by atoms with Crippen LogP contribution in [0.15, 0.2) is 6.07 Å². The zero-order valence-corrected chi connectivity index (χ0v) is 13.9. The Kier molecular flexibility index (Phi) is 7.54. The third kappa shape index (κ3) is 6.00. The van der Waals surface area contributed by atoms with E-state index in [2.05, 4.69) is 63.0 Å². The molecule has 0 aliphatic rings. The number of nitrogens with zero attached hydrogens (tertiary/aromatic N) is 2. The molecule has 0 spiro atoms. The van der Waals surface area contributed by atoms with Crippen molar-refractivity contribution in [1.29, 1.82) is 0 Å². The molecule has 0 aliphatic heterocycles. The molecule has 4 heteroatoms. The number of thioether (sulfide) groups is 1. The van der Waals surface area contributed by atoms with E-state index in [4.69, 9.17) is 0 Å². The quantitative estimate of drug-likeness (QED) is 0.756. The predicted molar refractivity (Wildman–Crippen MR) is 85.9 cm³/mol. The molecule has 1 atom stereocenters. The van der Waals surface area contributed by atoms with E-state index in [1.807, 2.05) is 4.68 Å². The molecule has 0 saturated carbocycles. The normalized spacial score (nSPS) is 13.2. The molecular formula is C15H29N3S. The van der Waals surface area contributed by atoms with Crippen molar-refractivity contribution in [3.05, 3.63) is 17.5 Å². The zero-order valence-electron chi connectivity index (χ0n) is 13.1. The average Bonchev–Trinajstić information content (AvgIpc) is 2.70. The van der Waals surface area contributed by atoms with Crippen molar-refractivity contribution in [2.45, 2.75) is 46.6 Å². The highest BCUT2D eigenvalue weighted by Gasteiger charge is 2.12. The van der Waals surface area contributed by atoms with Gasteiger partial charge >= 0.3 is 0 Å². The molecule has 1 heterocycles. The molecular weight excluding hydrogens is 254 g/mol. The van der Waals surface area contributed by atoms with Gasteiger partial charge in [-0.15, -0.1) is 0 Å². The predicted octanol–water partition coefficient (Wildman–Crippen LogP) is 2.89. The molecule has 1 N–H and O–H groups in total. The van der Waals surface area contributed by atoms with Crippen LogP contribution in [0, 0.1) is 5.92 Å². The van der Waals surface area contributed by atoms with Gasteiger partial charge in [-0.25, -0.2) is 0 Å². The fourth-order valence-corrected chi connectivity index (χ4v) is 3.24. The molecule has 19 heavy (non-hydrogen) atoms. The number of hydrogen-bond donors (Lipinski definition) is 1. The van der Waals surface area contributed by atoms with Gasteiger partial charge in [0.1, 0.15) is 0 Å². The summed E-state index contributed by atoms with van der Waals surface area (Å²) >= 11 is 2.05. The van der Waals surface area contributed by atoms with Crippen LogP contribution in [-0.4, -0.2) is 33.9 Å². The second kappa shape index (κ2) is 8.64. The van der Waals surface area contributed by atoms with E-state index in [9.17, 15) is 0 Å². The largest absolute Gasteiger partial charge is 0.313 e. The minimum atomic E-state index is 0.550. The summed E-state index contributed by atoms with van der Waals surface area (Å²) in [7, 11) is 2.05. The van der Waals surface area contributed by atoms with Crippen LogP contribution >= 0.6 is 11.8 Å². The van der Waals surface area contributed by atoms with Crippen molar-refractivity contribution in [3.63, 3.8) is 0 Å².